The Hall–Kier alpha value is -14.4. The van der Waals surface area contributed by atoms with Gasteiger partial charge in [0.15, 0.2) is 17.5 Å². The van der Waals surface area contributed by atoms with E-state index in [1.54, 1.807) is 149 Å². The van der Waals surface area contributed by atoms with Crippen LogP contribution in [0.4, 0.5) is 34.6 Å². The number of carbonyl (C=O) groups excluding carboxylic acids is 3. The van der Waals surface area contributed by atoms with Crippen molar-refractivity contribution in [2.45, 2.75) is 172 Å². The molecule has 37 nitrogen and oxygen atoms in total. The van der Waals surface area contributed by atoms with E-state index in [1.807, 2.05) is 116 Å². The van der Waals surface area contributed by atoms with Crippen molar-refractivity contribution in [3.63, 3.8) is 0 Å². The van der Waals surface area contributed by atoms with Gasteiger partial charge in [-0.2, -0.15) is 0 Å². The first-order valence-corrected chi connectivity index (χ1v) is 43.3. The zero-order valence-corrected chi connectivity index (χ0v) is 83.9. The van der Waals surface area contributed by atoms with Crippen LogP contribution in [0.3, 0.4) is 0 Å². The molecule has 724 valence electrons. The first-order valence-electron chi connectivity index (χ1n) is 42.2. The molecule has 1 atom stereocenters. The summed E-state index contributed by atoms with van der Waals surface area (Å²) in [5.74, 6) is 0.649. The van der Waals surface area contributed by atoms with E-state index in [1.165, 1.54) is 19.9 Å². The molecule has 136 heavy (non-hydrogen) atoms. The molecule has 14 rings (SSSR count). The summed E-state index contributed by atoms with van der Waals surface area (Å²) in [5, 5.41) is 40.7. The molecule has 0 aliphatic carbocycles. The maximum atomic E-state index is 12.3. The lowest BCUT2D eigenvalue weighted by Crippen LogP contribution is -2.26. The van der Waals surface area contributed by atoms with Gasteiger partial charge in [0.1, 0.15) is 28.5 Å². The number of nitrogen functional groups attached to an aromatic ring is 2. The van der Waals surface area contributed by atoms with E-state index in [4.69, 9.17) is 82.2 Å². The van der Waals surface area contributed by atoms with E-state index >= 15 is 0 Å². The molecule has 0 spiro atoms. The minimum Gasteiger partial charge on any atom is -0.499 e. The number of ether oxygens (including phenoxy) is 2. The third kappa shape index (κ3) is 43.1. The molecule has 0 radical (unpaired) electrons. The van der Waals surface area contributed by atoms with Gasteiger partial charge in [-0.1, -0.05) is 41.4 Å². The lowest BCUT2D eigenvalue weighted by molar-refractivity contribution is -0.742. The summed E-state index contributed by atoms with van der Waals surface area (Å²) >= 11 is 17.6. The van der Waals surface area contributed by atoms with E-state index in [0.29, 0.717) is 54.7 Å². The van der Waals surface area contributed by atoms with Crippen molar-refractivity contribution in [2.24, 2.45) is 17.2 Å². The second-order valence-corrected chi connectivity index (χ2v) is 36.5. The highest BCUT2D eigenvalue weighted by Gasteiger charge is 2.21. The number of aromatic nitrogens is 16. The average molecular weight is 1920 g/mol. The third-order valence-electron chi connectivity index (χ3n) is 16.4. The number of methoxy groups -OCH3 is 1. The van der Waals surface area contributed by atoms with Crippen LogP contribution in [0.1, 0.15) is 170 Å². The average Bonchev–Trinajstić information content (AvgIpc) is 0.795. The van der Waals surface area contributed by atoms with Gasteiger partial charge in [0.25, 0.3) is 5.09 Å². The molecule has 1 unspecified atom stereocenters. The molecular formula is C96H126Cl3N29O8. The number of nitrogens with two attached hydrogens (primary N) is 5. The highest BCUT2D eigenvalue weighted by atomic mass is 35.5. The molecule has 14 heterocycles. The molecule has 0 fully saturated rings. The van der Waals surface area contributed by atoms with Crippen LogP contribution in [0.5, 0.6) is 0 Å². The van der Waals surface area contributed by atoms with E-state index in [9.17, 15) is 14.4 Å². The van der Waals surface area contributed by atoms with E-state index < -0.39 is 5.09 Å². The van der Waals surface area contributed by atoms with Gasteiger partial charge in [0, 0.05) is 180 Å². The Bertz CT molecular complexity index is 6190. The number of hydrogen-bond donors (Lipinski definition) is 11. The highest BCUT2D eigenvalue weighted by molar-refractivity contribution is 6.38. The van der Waals surface area contributed by atoms with Crippen LogP contribution in [0, 0.1) is 15.5 Å². The molecule has 0 bridgehead atoms. The van der Waals surface area contributed by atoms with Gasteiger partial charge in [0.05, 0.1) is 115 Å². The summed E-state index contributed by atoms with van der Waals surface area (Å²) in [4.78, 5) is 114. The fourth-order valence-electron chi connectivity index (χ4n) is 10.9. The van der Waals surface area contributed by atoms with E-state index in [0.717, 1.165) is 101 Å². The van der Waals surface area contributed by atoms with Crippen LogP contribution in [0.25, 0.3) is 88.2 Å². The molecule has 14 aromatic heterocycles. The Balaban J connectivity index is 0.000000326. The van der Waals surface area contributed by atoms with E-state index in [-0.39, 0.29) is 69.1 Å². The number of anilines is 6. The van der Waals surface area contributed by atoms with Crippen LogP contribution in [-0.4, -0.2) is 199 Å². The smallest absolute Gasteiger partial charge is 0.291 e. The minimum absolute atomic E-state index is 0. The molecule has 0 aromatic carbocycles. The Labute approximate surface area is 808 Å². The second-order valence-electron chi connectivity index (χ2n) is 35.3. The van der Waals surface area contributed by atoms with Crippen LogP contribution in [0.15, 0.2) is 196 Å². The number of nitrogens with one attached hydrogen (secondary N) is 5. The normalized spacial score (nSPS) is 11.1. The predicted molar refractivity (Wildman–Crippen MR) is 549 cm³/mol. The lowest BCUT2D eigenvalue weighted by atomic mass is 10.1. The summed E-state index contributed by atoms with van der Waals surface area (Å²) in [6.07, 6.45) is 27.1. The van der Waals surface area contributed by atoms with Crippen LogP contribution < -0.4 is 49.9 Å². The Morgan fingerprint density at radius 2 is 0.779 bits per heavy atom. The molecule has 40 heteroatoms. The van der Waals surface area contributed by atoms with Crippen molar-refractivity contribution in [2.75, 3.05) is 74.6 Å². The number of nitrogens with zero attached hydrogens (tertiary/aromatic N) is 19. The van der Waals surface area contributed by atoms with Crippen molar-refractivity contribution in [3.8, 4) is 22.8 Å². The number of carbonyl (C=O) groups is 3. The topological polar surface area (TPSA) is 548 Å². The molecule has 0 aliphatic rings. The number of ketones is 3. The molecule has 0 aliphatic heterocycles. The first-order chi connectivity index (χ1) is 63.3. The number of fused-ring (bicyclic) bond motifs is 6. The number of pyridine rings is 12. The van der Waals surface area contributed by atoms with Crippen LogP contribution >= 0.6 is 34.8 Å². The zero-order chi connectivity index (χ0) is 102. The minimum atomic E-state index is -1.50. The van der Waals surface area contributed by atoms with Crippen molar-refractivity contribution in [1.29, 1.82) is 5.41 Å². The van der Waals surface area contributed by atoms with Crippen LogP contribution in [0.2, 0.25) is 15.2 Å². The Kier molecular flexibility index (Phi) is 44.8. The van der Waals surface area contributed by atoms with Crippen molar-refractivity contribution in [3.05, 3.63) is 239 Å². The molecule has 16 N–H and O–H groups in total. The van der Waals surface area contributed by atoms with Crippen molar-refractivity contribution in [1.82, 2.24) is 89.5 Å². The molecular weight excluding hydrogens is 1790 g/mol. The largest absolute Gasteiger partial charge is 0.499 e. The summed E-state index contributed by atoms with van der Waals surface area (Å²) < 4.78 is 9.78. The third-order valence-corrected chi connectivity index (χ3v) is 17.2. The van der Waals surface area contributed by atoms with Crippen molar-refractivity contribution < 1.29 is 34.2 Å². The highest BCUT2D eigenvalue weighted by Crippen LogP contribution is 2.34. The van der Waals surface area contributed by atoms with E-state index in [2.05, 4.69) is 202 Å². The first kappa shape index (κ1) is 114. The second kappa shape index (κ2) is 53.5. The Morgan fingerprint density at radius 3 is 1.06 bits per heavy atom. The molecule has 0 saturated carbocycles. The van der Waals surface area contributed by atoms with Crippen molar-refractivity contribution >= 4 is 158 Å². The maximum Gasteiger partial charge on any atom is 0.291 e. The van der Waals surface area contributed by atoms with Gasteiger partial charge in [-0.3, -0.25) is 54.6 Å². The summed E-state index contributed by atoms with van der Waals surface area (Å²) in [5.41, 5.74) is 37.6. The SMILES string of the molecule is C=C(C)OCC.CC(=O)c1cc(Cl)c2ccncc2n1.CC(=O)c1cc(NC(C)(C)C)c2ccncc2n1.CC(C)(C)N.CC(C)(C)Nc1cc(-c2ccnc(N)n2)nc2cnccc12.CC(C)(C)Nc1cc(-c2ccnc(N)n2)nc2cnccc12.CN(C)/C=C/C(=O)c1cc(NC(C)(C)C)c2ccncc2n1.COC(C)N(C)C.Clc1cc(Cl)c2ccncc2n1.N=C(N)N.O=[N+]([O-])O. The lowest BCUT2D eigenvalue weighted by Gasteiger charge is -2.23. The fraction of sp³-hybridized carbons (Fsp3) is 0.333. The number of guanidine groups is 1. The quantitative estimate of drug-likeness (QED) is 0.00522. The number of halogens is 3. The van der Waals surface area contributed by atoms with Gasteiger partial charge in [0.2, 0.25) is 17.7 Å². The zero-order valence-electron chi connectivity index (χ0n) is 81.6. The predicted octanol–water partition coefficient (Wildman–Crippen LogP) is 18.7. The van der Waals surface area contributed by atoms with Gasteiger partial charge >= 0.3 is 0 Å². The standard InChI is InChI=1S/C17H22N4O.2C16H18N6.C14H17N3O.C10H7ClN2O.C8H4Cl2N2.C5H13NO.C5H10O.C4H11N.CH5N3.HNO3/c1-17(2,3)20-13-10-14(16(22)7-9-21(4)5)19-15-11-18-8-6-12(13)15;2*1-16(2,3)22-12-8-13(11-5-7-19-15(17)21-11)20-14-9-18-6-4-10(12)14;1-9(18)11-7-12(17-14(2,3)4)10-5-6-15-8-13(10)16-11;1-6(14)9-4-8(11)7-2-3-12-5-10(7)13-9;9-6-3-8(10)12-7-4-11-2-1-5(6)7;1-5(7-4)6(2)3;1-4-6-5(2)3;1-4(2,3)5;2*2-1(3)4/h6-11H,1-5H3,(H,19,20);2*4-9H,1-3H3,(H,20,22)(H2,17,19,21);5-8H,1-4H3,(H,16,17);2-5H,1H3;1-4H;5H,1-4H3;2,4H2,1,3H3;5H2,1-3H3;(H5,2,3,4);(H,2,3,4)/b9-7+;;;;;;;;;;. The van der Waals surface area contributed by atoms with Gasteiger partial charge in [-0.25, -0.2) is 49.8 Å². The number of rotatable bonds is 15. The van der Waals surface area contributed by atoms with Crippen LogP contribution in [-0.2, 0) is 9.47 Å². The summed E-state index contributed by atoms with van der Waals surface area (Å²) in [7, 11) is 9.40. The molecule has 0 amide bonds. The summed E-state index contributed by atoms with van der Waals surface area (Å²) in [6.45, 7) is 44.1. The Morgan fingerprint density at radius 1 is 0.493 bits per heavy atom. The number of hydrogen-bond acceptors (Lipinski definition) is 33. The van der Waals surface area contributed by atoms with Gasteiger partial charge in [-0.05, 0) is 224 Å². The fourth-order valence-corrected chi connectivity index (χ4v) is 11.7. The molecule has 0 saturated heterocycles. The summed E-state index contributed by atoms with van der Waals surface area (Å²) in [6, 6.07) is 25.6. The number of allylic oxidation sites excluding steroid dienone is 2. The maximum absolute atomic E-state index is 12.3. The monoisotopic (exact) mass is 1920 g/mol. The molecule has 14 aromatic rings. The van der Waals surface area contributed by atoms with Gasteiger partial charge < -0.3 is 69.5 Å². The van der Waals surface area contributed by atoms with Gasteiger partial charge in [-0.15, -0.1) is 10.1 Å². The number of Topliss-reactive ketones (excluding diaryl/α,β-unsaturated/α-hetero) is 2.